The zero-order valence-electron chi connectivity index (χ0n) is 13.6. The van der Waals surface area contributed by atoms with Crippen molar-refractivity contribution in [1.82, 2.24) is 0 Å². The van der Waals surface area contributed by atoms with Crippen LogP contribution in [0.4, 0.5) is 8.78 Å². The molecule has 3 N–H and O–H groups in total. The lowest BCUT2D eigenvalue weighted by molar-refractivity contribution is -0.0976. The van der Waals surface area contributed by atoms with E-state index < -0.39 is 38.9 Å². The molecule has 1 atom stereocenters. The summed E-state index contributed by atoms with van der Waals surface area (Å²) in [5.41, 5.74) is -0.529. The highest BCUT2D eigenvalue weighted by Gasteiger charge is 2.50. The molecule has 0 heterocycles. The third kappa shape index (κ3) is 3.80. The predicted octanol–water partition coefficient (Wildman–Crippen LogP) is 1.95. The maximum atomic E-state index is 14.0. The molecule has 7 nitrogen and oxygen atoms in total. The lowest BCUT2D eigenvalue weighted by Crippen LogP contribution is -2.23. The monoisotopic (exact) mass is 383 g/mol. The third-order valence-electron chi connectivity index (χ3n) is 3.66. The smallest absolute Gasteiger partial charge is 0.281 e. The van der Waals surface area contributed by atoms with Crippen LogP contribution in [0.15, 0.2) is 45.6 Å². The van der Waals surface area contributed by atoms with Crippen molar-refractivity contribution in [3.8, 4) is 11.8 Å². The fourth-order valence-corrected chi connectivity index (χ4v) is 3.41. The van der Waals surface area contributed by atoms with Crippen molar-refractivity contribution in [2.45, 2.75) is 30.3 Å². The first-order valence-corrected chi connectivity index (χ1v) is 8.72. The van der Waals surface area contributed by atoms with Crippen LogP contribution in [0.1, 0.15) is 24.2 Å². The van der Waals surface area contributed by atoms with Crippen LogP contribution in [0.5, 0.6) is 5.75 Å². The largest absolute Gasteiger partial charge is 0.462 e. The van der Waals surface area contributed by atoms with Gasteiger partial charge in [0.15, 0.2) is 0 Å². The number of nitriles is 1. The third-order valence-corrected chi connectivity index (χ3v) is 4.62. The van der Waals surface area contributed by atoms with Crippen LogP contribution >= 0.6 is 0 Å². The summed E-state index contributed by atoms with van der Waals surface area (Å²) < 4.78 is 56.7. The minimum Gasteiger partial charge on any atom is -0.462 e. The number of allylic oxidation sites excluding steroid dienone is 3. The van der Waals surface area contributed by atoms with Crippen molar-refractivity contribution in [2.24, 2.45) is 10.1 Å². The number of ether oxygens (including phenoxy) is 1. The van der Waals surface area contributed by atoms with Gasteiger partial charge >= 0.3 is 0 Å². The Morgan fingerprint density at radius 1 is 1.58 bits per heavy atom. The summed E-state index contributed by atoms with van der Waals surface area (Å²) in [4.78, 5) is 2.86. The molecule has 1 aromatic carbocycles. The van der Waals surface area contributed by atoms with Crippen LogP contribution in [0.25, 0.3) is 0 Å². The molecular weight excluding hydrogens is 368 g/mol. The topological polar surface area (TPSA) is 126 Å². The normalized spacial score (nSPS) is 19.6. The fraction of sp³-hybridized carbons (Fsp3) is 0.250. The Balaban J connectivity index is 2.55. The second-order valence-electron chi connectivity index (χ2n) is 5.58. The molecule has 0 bridgehead atoms. The number of nitrogens with two attached hydrogens (primary N) is 1. The van der Waals surface area contributed by atoms with E-state index in [0.29, 0.717) is 0 Å². The number of hydrogen-bond donors (Lipinski definition) is 2. The Kier molecular flexibility index (Phi) is 5.27. The van der Waals surface area contributed by atoms with E-state index in [9.17, 15) is 22.3 Å². The number of hydrogen-bond acceptors (Lipinski definition) is 6. The molecule has 1 aliphatic carbocycles. The van der Waals surface area contributed by atoms with E-state index in [1.165, 1.54) is 25.3 Å². The number of nitrogens with zero attached hydrogens (tertiary/aromatic N) is 2. The summed E-state index contributed by atoms with van der Waals surface area (Å²) in [6, 6.07) is 4.00. The fourth-order valence-electron chi connectivity index (χ4n) is 2.61. The molecule has 10 heteroatoms. The molecule has 138 valence electrons. The number of primary sulfonamides is 1. The molecule has 0 fully saturated rings. The van der Waals surface area contributed by atoms with Crippen molar-refractivity contribution in [1.29, 1.82) is 5.26 Å². The van der Waals surface area contributed by atoms with Crippen molar-refractivity contribution in [3.05, 3.63) is 46.9 Å². The molecule has 0 spiro atoms. The number of aliphatic hydroxyl groups is 1. The highest BCUT2D eigenvalue weighted by Crippen LogP contribution is 2.49. The Hall–Kier alpha value is -2.61. The van der Waals surface area contributed by atoms with Gasteiger partial charge in [-0.2, -0.15) is 5.26 Å². The lowest BCUT2D eigenvalue weighted by Gasteiger charge is -2.15. The van der Waals surface area contributed by atoms with Gasteiger partial charge in [-0.3, -0.25) is 4.99 Å². The van der Waals surface area contributed by atoms with E-state index >= 15 is 0 Å². The summed E-state index contributed by atoms with van der Waals surface area (Å²) >= 11 is 0. The summed E-state index contributed by atoms with van der Waals surface area (Å²) in [6.07, 6.45) is -0.750. The number of rotatable bonds is 5. The number of aliphatic hydroxyl groups excluding tert-OH is 1. The molecule has 26 heavy (non-hydrogen) atoms. The number of alkyl halides is 2. The molecule has 2 rings (SSSR count). The van der Waals surface area contributed by atoms with Gasteiger partial charge in [0.25, 0.3) is 5.92 Å². The zero-order valence-corrected chi connectivity index (χ0v) is 14.4. The SMILES string of the molecule is C=N/C=C(C#N)\C=C(/C)Oc1ccc(S(N)(=O)=O)c2c1CC(F)(F)[C@H]2O. The van der Waals surface area contributed by atoms with Crippen LogP contribution in [0, 0.1) is 11.3 Å². The van der Waals surface area contributed by atoms with Gasteiger partial charge in [-0.25, -0.2) is 22.3 Å². The van der Waals surface area contributed by atoms with Crippen LogP contribution in [0.3, 0.4) is 0 Å². The Bertz CT molecular complexity index is 962. The van der Waals surface area contributed by atoms with Crippen LogP contribution in [0.2, 0.25) is 0 Å². The van der Waals surface area contributed by atoms with Gasteiger partial charge < -0.3 is 9.84 Å². The van der Waals surface area contributed by atoms with E-state index in [4.69, 9.17) is 15.1 Å². The maximum absolute atomic E-state index is 14.0. The molecule has 0 aliphatic heterocycles. The average Bonchev–Trinajstić information content (AvgIpc) is 2.77. The minimum atomic E-state index is -4.32. The summed E-state index contributed by atoms with van der Waals surface area (Å²) in [6.45, 7) is 4.69. The number of aliphatic imine (C=N–C) groups is 1. The first kappa shape index (κ1) is 19.7. The van der Waals surface area contributed by atoms with Crippen molar-refractivity contribution in [3.63, 3.8) is 0 Å². The minimum absolute atomic E-state index is 0.0683. The van der Waals surface area contributed by atoms with Gasteiger partial charge in [0.2, 0.25) is 10.0 Å². The van der Waals surface area contributed by atoms with Gasteiger partial charge in [0, 0.05) is 23.7 Å². The van der Waals surface area contributed by atoms with Crippen molar-refractivity contribution in [2.75, 3.05) is 0 Å². The van der Waals surface area contributed by atoms with E-state index in [1.54, 1.807) is 0 Å². The van der Waals surface area contributed by atoms with E-state index in [2.05, 4.69) is 11.7 Å². The summed E-state index contributed by atoms with van der Waals surface area (Å²) in [5, 5.41) is 23.8. The molecule has 0 aromatic heterocycles. The molecule has 0 saturated heterocycles. The molecule has 0 saturated carbocycles. The first-order chi connectivity index (χ1) is 12.0. The molecular formula is C16H15F2N3O4S. The maximum Gasteiger partial charge on any atom is 0.281 e. The van der Waals surface area contributed by atoms with Crippen LogP contribution < -0.4 is 9.88 Å². The van der Waals surface area contributed by atoms with Gasteiger partial charge in [0.05, 0.1) is 10.5 Å². The summed E-state index contributed by atoms with van der Waals surface area (Å²) in [5.74, 6) is -3.47. The highest BCUT2D eigenvalue weighted by atomic mass is 32.2. The summed E-state index contributed by atoms with van der Waals surface area (Å²) in [7, 11) is -4.32. The quantitative estimate of drug-likeness (QED) is 0.348. The molecule has 1 aliphatic rings. The van der Waals surface area contributed by atoms with Crippen molar-refractivity contribution >= 4 is 16.7 Å². The van der Waals surface area contributed by atoms with Crippen LogP contribution in [-0.2, 0) is 16.4 Å². The molecule has 1 aromatic rings. The van der Waals surface area contributed by atoms with Gasteiger partial charge in [-0.15, -0.1) is 0 Å². The number of sulfonamides is 1. The number of halogens is 2. The molecule has 0 radical (unpaired) electrons. The Morgan fingerprint density at radius 2 is 2.23 bits per heavy atom. The second kappa shape index (κ2) is 6.95. The van der Waals surface area contributed by atoms with E-state index in [1.807, 2.05) is 6.07 Å². The lowest BCUT2D eigenvalue weighted by atomic mass is 10.1. The Labute approximate surface area is 148 Å². The van der Waals surface area contributed by atoms with Gasteiger partial charge in [-0.05, 0) is 31.9 Å². The van der Waals surface area contributed by atoms with Crippen molar-refractivity contribution < 1.29 is 27.0 Å². The highest BCUT2D eigenvalue weighted by molar-refractivity contribution is 7.89. The zero-order chi connectivity index (χ0) is 19.7. The standard InChI is InChI=1S/C16H15F2N3O4S/c1-9(5-10(7-19)8-21-2)25-12-3-4-13(26(20,23)24)14-11(12)6-16(17,18)15(14)22/h3-5,8,15,22H,2,6H2,1H3,(H2,20,23,24)/b9-5+,10-8+/t15-/m0/s1. The van der Waals surface area contributed by atoms with Crippen LogP contribution in [-0.4, -0.2) is 26.2 Å². The predicted molar refractivity (Wildman–Crippen MR) is 89.1 cm³/mol. The first-order valence-electron chi connectivity index (χ1n) is 7.18. The average molecular weight is 383 g/mol. The number of fused-ring (bicyclic) bond motifs is 1. The molecule has 0 amide bonds. The van der Waals surface area contributed by atoms with Gasteiger partial charge in [-0.1, -0.05) is 0 Å². The Morgan fingerprint density at radius 3 is 2.77 bits per heavy atom. The van der Waals surface area contributed by atoms with E-state index in [0.717, 1.165) is 6.07 Å². The van der Waals surface area contributed by atoms with Gasteiger partial charge in [0.1, 0.15) is 23.7 Å². The molecule has 0 unspecified atom stereocenters. The van der Waals surface area contributed by atoms with E-state index in [-0.39, 0.29) is 22.6 Å². The second-order valence-corrected chi connectivity index (χ2v) is 7.11. The number of benzene rings is 1.